The third-order valence-corrected chi connectivity index (χ3v) is 4.01. The van der Waals surface area contributed by atoms with Gasteiger partial charge in [-0.2, -0.15) is 0 Å². The van der Waals surface area contributed by atoms with Crippen LogP contribution in [-0.4, -0.2) is 37.6 Å². The van der Waals surface area contributed by atoms with Crippen LogP contribution in [-0.2, 0) is 0 Å². The summed E-state index contributed by atoms with van der Waals surface area (Å²) in [4.78, 5) is 2.50. The summed E-state index contributed by atoms with van der Waals surface area (Å²) < 4.78 is 0. The van der Waals surface area contributed by atoms with Gasteiger partial charge in [0, 0.05) is 12.6 Å². The summed E-state index contributed by atoms with van der Waals surface area (Å²) in [6.07, 6.45) is 12.7. The maximum Gasteiger partial charge on any atom is 0.0218 e. The van der Waals surface area contributed by atoms with Crippen LogP contribution in [0.25, 0.3) is 0 Å². The predicted molar refractivity (Wildman–Crippen MR) is 76.5 cm³/mol. The van der Waals surface area contributed by atoms with E-state index in [1.165, 1.54) is 77.4 Å². The molecule has 0 aromatic rings. The van der Waals surface area contributed by atoms with Crippen LogP contribution in [0.15, 0.2) is 0 Å². The first-order chi connectivity index (χ1) is 8.34. The van der Waals surface area contributed by atoms with Gasteiger partial charge in [-0.3, -0.25) is 0 Å². The van der Waals surface area contributed by atoms with Gasteiger partial charge >= 0.3 is 0 Å². The van der Waals surface area contributed by atoms with Crippen molar-refractivity contribution in [3.8, 4) is 0 Å². The lowest BCUT2D eigenvalue weighted by Crippen LogP contribution is -2.35. The minimum absolute atomic E-state index is 0.805. The molecule has 1 unspecified atom stereocenters. The molecule has 2 nitrogen and oxygen atoms in total. The fourth-order valence-corrected chi connectivity index (χ4v) is 2.71. The van der Waals surface area contributed by atoms with Crippen LogP contribution in [0, 0.1) is 0 Å². The normalized spacial score (nSPS) is 21.2. The minimum Gasteiger partial charge on any atom is -0.315 e. The molecule has 17 heavy (non-hydrogen) atoms. The molecule has 0 aromatic carbocycles. The van der Waals surface area contributed by atoms with Crippen molar-refractivity contribution in [2.45, 2.75) is 70.8 Å². The standard InChI is InChI=1S/C15H32N2/c1-3-4-5-6-7-8-9-12-16-14-15-11-10-13-17(15)2/h15-16H,3-14H2,1-2H3. The molecular formula is C15H32N2. The van der Waals surface area contributed by atoms with Gasteiger partial charge in [-0.05, 0) is 39.4 Å². The van der Waals surface area contributed by atoms with Gasteiger partial charge in [0.1, 0.15) is 0 Å². The Bertz CT molecular complexity index is 170. The van der Waals surface area contributed by atoms with E-state index in [1.807, 2.05) is 0 Å². The van der Waals surface area contributed by atoms with Gasteiger partial charge in [0.15, 0.2) is 0 Å². The molecule has 1 N–H and O–H groups in total. The first-order valence-corrected chi connectivity index (χ1v) is 7.75. The molecule has 102 valence electrons. The largest absolute Gasteiger partial charge is 0.315 e. The van der Waals surface area contributed by atoms with Crippen LogP contribution in [0.1, 0.15) is 64.7 Å². The first-order valence-electron chi connectivity index (χ1n) is 7.75. The molecule has 1 fully saturated rings. The van der Waals surface area contributed by atoms with Crippen molar-refractivity contribution < 1.29 is 0 Å². The average Bonchev–Trinajstić information content (AvgIpc) is 2.73. The van der Waals surface area contributed by atoms with Crippen molar-refractivity contribution in [2.24, 2.45) is 0 Å². The van der Waals surface area contributed by atoms with Crippen molar-refractivity contribution in [3.05, 3.63) is 0 Å². The smallest absolute Gasteiger partial charge is 0.0218 e. The third kappa shape index (κ3) is 7.05. The van der Waals surface area contributed by atoms with Crippen molar-refractivity contribution in [3.63, 3.8) is 0 Å². The fourth-order valence-electron chi connectivity index (χ4n) is 2.71. The maximum absolute atomic E-state index is 3.62. The quantitative estimate of drug-likeness (QED) is 0.589. The summed E-state index contributed by atoms with van der Waals surface area (Å²) in [6.45, 7) is 6.00. The lowest BCUT2D eigenvalue weighted by atomic mass is 10.1. The highest BCUT2D eigenvalue weighted by Gasteiger charge is 2.19. The molecule has 1 rings (SSSR count). The summed E-state index contributed by atoms with van der Waals surface area (Å²) >= 11 is 0. The van der Waals surface area contributed by atoms with E-state index in [9.17, 15) is 0 Å². The highest BCUT2D eigenvalue weighted by Crippen LogP contribution is 2.13. The molecule has 0 bridgehead atoms. The number of hydrogen-bond acceptors (Lipinski definition) is 2. The van der Waals surface area contributed by atoms with E-state index < -0.39 is 0 Å². The lowest BCUT2D eigenvalue weighted by molar-refractivity contribution is 0.300. The van der Waals surface area contributed by atoms with Gasteiger partial charge < -0.3 is 10.2 Å². The van der Waals surface area contributed by atoms with Gasteiger partial charge in [0.25, 0.3) is 0 Å². The van der Waals surface area contributed by atoms with E-state index in [-0.39, 0.29) is 0 Å². The molecular weight excluding hydrogens is 208 g/mol. The van der Waals surface area contributed by atoms with Crippen LogP contribution in [0.3, 0.4) is 0 Å². The Hall–Kier alpha value is -0.0800. The van der Waals surface area contributed by atoms with Crippen molar-refractivity contribution >= 4 is 0 Å². The van der Waals surface area contributed by atoms with Crippen LogP contribution in [0.4, 0.5) is 0 Å². The number of likely N-dealkylation sites (N-methyl/N-ethyl adjacent to an activating group) is 1. The number of nitrogens with zero attached hydrogens (tertiary/aromatic N) is 1. The summed E-state index contributed by atoms with van der Waals surface area (Å²) in [5.74, 6) is 0. The Kier molecular flexibility index (Phi) is 8.72. The molecule has 0 saturated carbocycles. The Morgan fingerprint density at radius 2 is 1.76 bits per heavy atom. The van der Waals surface area contributed by atoms with E-state index in [0.29, 0.717) is 0 Å². The molecule has 1 atom stereocenters. The van der Waals surface area contributed by atoms with Gasteiger partial charge in [0.05, 0.1) is 0 Å². The van der Waals surface area contributed by atoms with Gasteiger partial charge in [0.2, 0.25) is 0 Å². The molecule has 1 saturated heterocycles. The monoisotopic (exact) mass is 240 g/mol. The molecule has 0 amide bonds. The zero-order valence-electron chi connectivity index (χ0n) is 12.0. The average molecular weight is 240 g/mol. The van der Waals surface area contributed by atoms with Crippen LogP contribution >= 0.6 is 0 Å². The van der Waals surface area contributed by atoms with Crippen molar-refractivity contribution in [1.82, 2.24) is 10.2 Å². The van der Waals surface area contributed by atoms with E-state index in [4.69, 9.17) is 0 Å². The fraction of sp³-hybridized carbons (Fsp3) is 1.00. The Labute approximate surface area is 108 Å². The highest BCUT2D eigenvalue weighted by atomic mass is 15.2. The number of likely N-dealkylation sites (tertiary alicyclic amines) is 1. The molecule has 0 radical (unpaired) electrons. The van der Waals surface area contributed by atoms with E-state index in [1.54, 1.807) is 0 Å². The van der Waals surface area contributed by atoms with Crippen molar-refractivity contribution in [2.75, 3.05) is 26.7 Å². The number of unbranched alkanes of at least 4 members (excludes halogenated alkanes) is 6. The third-order valence-electron chi connectivity index (χ3n) is 4.01. The second-order valence-corrected chi connectivity index (χ2v) is 5.60. The Morgan fingerprint density at radius 3 is 2.41 bits per heavy atom. The molecule has 0 aliphatic carbocycles. The van der Waals surface area contributed by atoms with Crippen LogP contribution < -0.4 is 5.32 Å². The summed E-state index contributed by atoms with van der Waals surface area (Å²) in [5.41, 5.74) is 0. The Balaban J connectivity index is 1.78. The molecule has 1 aliphatic rings. The minimum atomic E-state index is 0.805. The Morgan fingerprint density at radius 1 is 1.06 bits per heavy atom. The van der Waals surface area contributed by atoms with Crippen LogP contribution in [0.5, 0.6) is 0 Å². The number of hydrogen-bond donors (Lipinski definition) is 1. The second kappa shape index (κ2) is 9.90. The SMILES string of the molecule is CCCCCCCCCNCC1CCCN1C. The maximum atomic E-state index is 3.62. The van der Waals surface area contributed by atoms with E-state index >= 15 is 0 Å². The summed E-state index contributed by atoms with van der Waals surface area (Å²) in [7, 11) is 2.26. The van der Waals surface area contributed by atoms with E-state index in [2.05, 4.69) is 24.2 Å². The lowest BCUT2D eigenvalue weighted by Gasteiger charge is -2.19. The number of rotatable bonds is 10. The number of nitrogens with one attached hydrogen (secondary N) is 1. The van der Waals surface area contributed by atoms with Crippen LogP contribution in [0.2, 0.25) is 0 Å². The molecule has 0 spiro atoms. The first kappa shape index (κ1) is 15.0. The summed E-state index contributed by atoms with van der Waals surface area (Å²) in [5, 5.41) is 3.62. The zero-order chi connectivity index (χ0) is 12.3. The molecule has 1 heterocycles. The van der Waals surface area contributed by atoms with Gasteiger partial charge in [-0.15, -0.1) is 0 Å². The summed E-state index contributed by atoms with van der Waals surface area (Å²) in [6, 6.07) is 0.805. The van der Waals surface area contributed by atoms with Gasteiger partial charge in [-0.1, -0.05) is 45.4 Å². The van der Waals surface area contributed by atoms with Gasteiger partial charge in [-0.25, -0.2) is 0 Å². The topological polar surface area (TPSA) is 15.3 Å². The second-order valence-electron chi connectivity index (χ2n) is 5.60. The van der Waals surface area contributed by atoms with Crippen molar-refractivity contribution in [1.29, 1.82) is 0 Å². The van der Waals surface area contributed by atoms with E-state index in [0.717, 1.165) is 6.04 Å². The molecule has 2 heteroatoms. The highest BCUT2D eigenvalue weighted by molar-refractivity contribution is 4.77. The molecule has 0 aromatic heterocycles. The predicted octanol–water partition coefficient (Wildman–Crippen LogP) is 3.42. The molecule has 1 aliphatic heterocycles. The zero-order valence-corrected chi connectivity index (χ0v) is 12.0.